The molecule has 1 unspecified atom stereocenters. The lowest BCUT2D eigenvalue weighted by atomic mass is 10.3. The van der Waals surface area contributed by atoms with E-state index < -0.39 is 0 Å². The Bertz CT molecular complexity index is 272. The second-order valence-corrected chi connectivity index (χ2v) is 3.03. The van der Waals surface area contributed by atoms with Gasteiger partial charge < -0.3 is 15.2 Å². The molecule has 0 aromatic carbocycles. The Kier molecular flexibility index (Phi) is 4.12. The van der Waals surface area contributed by atoms with E-state index in [-0.39, 0.29) is 11.9 Å². The number of rotatable bonds is 5. The first-order valence-electron chi connectivity index (χ1n) is 4.63. The van der Waals surface area contributed by atoms with Gasteiger partial charge in [0.05, 0.1) is 12.2 Å². The molecule has 0 saturated carbocycles. The van der Waals surface area contributed by atoms with E-state index in [9.17, 15) is 4.79 Å². The Morgan fingerprint density at radius 3 is 3.07 bits per heavy atom. The minimum absolute atomic E-state index is 0.00366. The standard InChI is InChI=1S/C9H15N3O2/c1-3-10-9(13)7(2)11-4-8-5-12-14-6-8/h5-7,11H,3-4H2,1-2H3,(H,10,13). The molecule has 1 rings (SSSR count). The molecule has 5 nitrogen and oxygen atoms in total. The molecular weight excluding hydrogens is 182 g/mol. The van der Waals surface area contributed by atoms with E-state index >= 15 is 0 Å². The molecule has 0 aliphatic carbocycles. The third kappa shape index (κ3) is 3.18. The largest absolute Gasteiger partial charge is 0.364 e. The Morgan fingerprint density at radius 2 is 2.50 bits per heavy atom. The van der Waals surface area contributed by atoms with E-state index in [0.717, 1.165) is 5.56 Å². The van der Waals surface area contributed by atoms with Crippen molar-refractivity contribution in [2.45, 2.75) is 26.4 Å². The fraction of sp³-hybridized carbons (Fsp3) is 0.556. The Balaban J connectivity index is 2.27. The molecule has 5 heteroatoms. The predicted molar refractivity (Wildman–Crippen MR) is 51.5 cm³/mol. The Morgan fingerprint density at radius 1 is 1.71 bits per heavy atom. The lowest BCUT2D eigenvalue weighted by molar-refractivity contribution is -0.122. The first-order chi connectivity index (χ1) is 6.74. The highest BCUT2D eigenvalue weighted by Crippen LogP contribution is 1.96. The molecule has 0 radical (unpaired) electrons. The van der Waals surface area contributed by atoms with Gasteiger partial charge in [0, 0.05) is 18.7 Å². The van der Waals surface area contributed by atoms with Crippen LogP contribution in [0.3, 0.4) is 0 Å². The lowest BCUT2D eigenvalue weighted by Gasteiger charge is -2.11. The van der Waals surface area contributed by atoms with Crippen LogP contribution in [0, 0.1) is 0 Å². The quantitative estimate of drug-likeness (QED) is 0.712. The molecule has 2 N–H and O–H groups in total. The fourth-order valence-corrected chi connectivity index (χ4v) is 1.00. The van der Waals surface area contributed by atoms with Crippen molar-refractivity contribution in [2.24, 2.45) is 0 Å². The number of nitrogens with one attached hydrogen (secondary N) is 2. The molecular formula is C9H15N3O2. The topological polar surface area (TPSA) is 67.2 Å². The predicted octanol–water partition coefficient (Wildman–Crippen LogP) is 0.289. The molecule has 1 aromatic rings. The Labute approximate surface area is 82.8 Å². The first-order valence-corrected chi connectivity index (χ1v) is 4.63. The van der Waals surface area contributed by atoms with Crippen LogP contribution in [0.2, 0.25) is 0 Å². The van der Waals surface area contributed by atoms with Gasteiger partial charge in [-0.25, -0.2) is 0 Å². The molecule has 0 fully saturated rings. The van der Waals surface area contributed by atoms with Gasteiger partial charge in [-0.1, -0.05) is 5.16 Å². The number of aromatic nitrogens is 1. The van der Waals surface area contributed by atoms with Crippen LogP contribution in [0.15, 0.2) is 17.0 Å². The van der Waals surface area contributed by atoms with Crippen molar-refractivity contribution in [2.75, 3.05) is 6.54 Å². The molecule has 1 amide bonds. The van der Waals surface area contributed by atoms with Gasteiger partial charge in [-0.15, -0.1) is 0 Å². The van der Waals surface area contributed by atoms with Crippen LogP contribution < -0.4 is 10.6 Å². The summed E-state index contributed by atoms with van der Waals surface area (Å²) in [4.78, 5) is 11.3. The summed E-state index contributed by atoms with van der Waals surface area (Å²) in [5, 5.41) is 9.36. The monoisotopic (exact) mass is 197 g/mol. The average Bonchev–Trinajstić information content (AvgIpc) is 2.67. The molecule has 78 valence electrons. The molecule has 1 heterocycles. The van der Waals surface area contributed by atoms with Crippen LogP contribution >= 0.6 is 0 Å². The van der Waals surface area contributed by atoms with E-state index in [2.05, 4.69) is 20.3 Å². The van der Waals surface area contributed by atoms with Gasteiger partial charge in [-0.2, -0.15) is 0 Å². The number of amides is 1. The number of hydrogen-bond acceptors (Lipinski definition) is 4. The zero-order chi connectivity index (χ0) is 10.4. The minimum atomic E-state index is -0.204. The van der Waals surface area contributed by atoms with Crippen LogP contribution in [-0.2, 0) is 11.3 Å². The number of hydrogen-bond donors (Lipinski definition) is 2. The molecule has 1 atom stereocenters. The number of likely N-dealkylation sites (N-methyl/N-ethyl adjacent to an activating group) is 1. The zero-order valence-electron chi connectivity index (χ0n) is 8.41. The maximum atomic E-state index is 11.3. The van der Waals surface area contributed by atoms with E-state index in [1.165, 1.54) is 0 Å². The molecule has 0 aliphatic heterocycles. The fourth-order valence-electron chi connectivity index (χ4n) is 1.00. The second-order valence-electron chi connectivity index (χ2n) is 3.03. The van der Waals surface area contributed by atoms with Gasteiger partial charge in [0.1, 0.15) is 6.26 Å². The van der Waals surface area contributed by atoms with Crippen molar-refractivity contribution < 1.29 is 9.32 Å². The smallest absolute Gasteiger partial charge is 0.236 e. The first kappa shape index (κ1) is 10.7. The molecule has 0 bridgehead atoms. The minimum Gasteiger partial charge on any atom is -0.364 e. The summed E-state index contributed by atoms with van der Waals surface area (Å²) in [6.07, 6.45) is 3.18. The lowest BCUT2D eigenvalue weighted by Crippen LogP contribution is -2.41. The molecule has 0 saturated heterocycles. The molecule has 14 heavy (non-hydrogen) atoms. The van der Waals surface area contributed by atoms with Crippen LogP contribution in [0.25, 0.3) is 0 Å². The SMILES string of the molecule is CCNC(=O)C(C)NCc1cnoc1. The maximum Gasteiger partial charge on any atom is 0.236 e. The normalized spacial score (nSPS) is 12.4. The summed E-state index contributed by atoms with van der Waals surface area (Å²) in [6, 6.07) is -0.204. The van der Waals surface area contributed by atoms with Crippen LogP contribution in [0.1, 0.15) is 19.4 Å². The maximum absolute atomic E-state index is 11.3. The van der Waals surface area contributed by atoms with Gasteiger partial charge in [0.15, 0.2) is 0 Å². The van der Waals surface area contributed by atoms with Gasteiger partial charge in [-0.05, 0) is 13.8 Å². The van der Waals surface area contributed by atoms with E-state index in [4.69, 9.17) is 0 Å². The van der Waals surface area contributed by atoms with E-state index in [0.29, 0.717) is 13.1 Å². The highest BCUT2D eigenvalue weighted by molar-refractivity contribution is 5.81. The highest BCUT2D eigenvalue weighted by atomic mass is 16.5. The summed E-state index contributed by atoms with van der Waals surface area (Å²) < 4.78 is 4.66. The molecule has 1 aromatic heterocycles. The van der Waals surface area contributed by atoms with Crippen LogP contribution in [0.4, 0.5) is 0 Å². The zero-order valence-corrected chi connectivity index (χ0v) is 8.41. The molecule has 0 aliphatic rings. The van der Waals surface area contributed by atoms with Crippen molar-refractivity contribution in [1.29, 1.82) is 0 Å². The summed E-state index contributed by atoms with van der Waals surface area (Å²) >= 11 is 0. The average molecular weight is 197 g/mol. The number of carbonyl (C=O) groups excluding carboxylic acids is 1. The van der Waals surface area contributed by atoms with Crippen molar-refractivity contribution >= 4 is 5.91 Å². The van der Waals surface area contributed by atoms with Gasteiger partial charge in [0.2, 0.25) is 5.91 Å². The number of carbonyl (C=O) groups is 1. The van der Waals surface area contributed by atoms with E-state index in [1.807, 2.05) is 13.8 Å². The van der Waals surface area contributed by atoms with Crippen molar-refractivity contribution in [1.82, 2.24) is 15.8 Å². The third-order valence-electron chi connectivity index (χ3n) is 1.84. The summed E-state index contributed by atoms with van der Waals surface area (Å²) in [5.41, 5.74) is 0.932. The van der Waals surface area contributed by atoms with Crippen molar-refractivity contribution in [3.8, 4) is 0 Å². The van der Waals surface area contributed by atoms with Gasteiger partial charge >= 0.3 is 0 Å². The summed E-state index contributed by atoms with van der Waals surface area (Å²) in [6.45, 7) is 4.95. The summed E-state index contributed by atoms with van der Waals surface area (Å²) in [7, 11) is 0. The van der Waals surface area contributed by atoms with Crippen molar-refractivity contribution in [3.05, 3.63) is 18.0 Å². The van der Waals surface area contributed by atoms with Crippen LogP contribution in [0.5, 0.6) is 0 Å². The number of nitrogens with zero attached hydrogens (tertiary/aromatic N) is 1. The van der Waals surface area contributed by atoms with Crippen molar-refractivity contribution in [3.63, 3.8) is 0 Å². The van der Waals surface area contributed by atoms with Gasteiger partial charge in [-0.3, -0.25) is 4.79 Å². The Hall–Kier alpha value is -1.36. The van der Waals surface area contributed by atoms with Gasteiger partial charge in [0.25, 0.3) is 0 Å². The summed E-state index contributed by atoms with van der Waals surface area (Å²) in [5.74, 6) is 0.00366. The molecule has 0 spiro atoms. The highest BCUT2D eigenvalue weighted by Gasteiger charge is 2.10. The van der Waals surface area contributed by atoms with E-state index in [1.54, 1.807) is 12.5 Å². The second kappa shape index (κ2) is 5.39. The van der Waals surface area contributed by atoms with Crippen LogP contribution in [-0.4, -0.2) is 23.7 Å². The third-order valence-corrected chi connectivity index (χ3v) is 1.84.